The van der Waals surface area contributed by atoms with Crippen molar-refractivity contribution in [2.45, 2.75) is 71.0 Å². The molecule has 1 aliphatic rings. The largest absolute Gasteiger partial charge is 0.364 e. The highest BCUT2D eigenvalue weighted by Gasteiger charge is 2.31. The molecule has 228 valence electrons. The minimum atomic E-state index is -0.656. The van der Waals surface area contributed by atoms with E-state index in [1.807, 2.05) is 31.7 Å². The number of anilines is 1. The molecule has 3 N–H and O–H groups in total. The monoisotopic (exact) mass is 591 g/mol. The second kappa shape index (κ2) is 11.6. The van der Waals surface area contributed by atoms with Gasteiger partial charge in [-0.2, -0.15) is 10.1 Å². The first kappa shape index (κ1) is 29.9. The van der Waals surface area contributed by atoms with Gasteiger partial charge in [0, 0.05) is 49.9 Å². The summed E-state index contributed by atoms with van der Waals surface area (Å²) in [6.07, 6.45) is 3.37. The Labute approximate surface area is 249 Å². The highest BCUT2D eigenvalue weighted by atomic mass is 19.1. The van der Waals surface area contributed by atoms with Crippen molar-refractivity contribution in [3.8, 4) is 11.1 Å². The van der Waals surface area contributed by atoms with Gasteiger partial charge in [0.05, 0.1) is 11.4 Å². The Hall–Kier alpha value is -4.55. The SMILES string of the molecule is CC(NC(=O)c1nc(C(C)(C)C)no1)c1ccc(-c2ccnc3[nH]nc(N[C@@H]4CC[C@H](C)N(C(=O)N(C)C)C4)c23)cc1F. The Bertz CT molecular complexity index is 1640. The number of carbonyl (C=O) groups excluding carboxylic acids is 2. The van der Waals surface area contributed by atoms with Crippen molar-refractivity contribution in [2.24, 2.45) is 0 Å². The topological polar surface area (TPSA) is 145 Å². The molecule has 1 saturated heterocycles. The summed E-state index contributed by atoms with van der Waals surface area (Å²) in [5, 5.41) is 18.3. The Balaban J connectivity index is 1.36. The van der Waals surface area contributed by atoms with Crippen LogP contribution in [-0.2, 0) is 5.41 Å². The van der Waals surface area contributed by atoms with Gasteiger partial charge in [-0.25, -0.2) is 14.2 Å². The molecular weight excluding hydrogens is 553 g/mol. The molecule has 3 aromatic heterocycles. The fourth-order valence-electron chi connectivity index (χ4n) is 5.24. The normalized spacial score (nSPS) is 18.0. The van der Waals surface area contributed by atoms with Crippen LogP contribution in [0.1, 0.15) is 75.6 Å². The van der Waals surface area contributed by atoms with Crippen molar-refractivity contribution in [2.75, 3.05) is 26.0 Å². The number of hydrogen-bond acceptors (Lipinski definition) is 8. The smallest absolute Gasteiger partial charge is 0.319 e. The van der Waals surface area contributed by atoms with Gasteiger partial charge in [0.25, 0.3) is 0 Å². The number of aromatic amines is 1. The molecule has 0 radical (unpaired) electrons. The molecule has 5 rings (SSSR count). The molecule has 12 nitrogen and oxygen atoms in total. The number of fused-ring (bicyclic) bond motifs is 1. The number of nitrogens with zero attached hydrogens (tertiary/aromatic N) is 6. The van der Waals surface area contributed by atoms with Crippen LogP contribution < -0.4 is 10.6 Å². The predicted octanol–water partition coefficient (Wildman–Crippen LogP) is 4.88. The molecule has 1 aliphatic heterocycles. The molecule has 3 atom stereocenters. The average Bonchev–Trinajstić information content (AvgIpc) is 3.62. The third-order valence-electron chi connectivity index (χ3n) is 7.73. The maximum absolute atomic E-state index is 15.5. The molecule has 0 bridgehead atoms. The summed E-state index contributed by atoms with van der Waals surface area (Å²) >= 11 is 0. The number of nitrogens with one attached hydrogen (secondary N) is 3. The van der Waals surface area contributed by atoms with Crippen molar-refractivity contribution < 1.29 is 18.5 Å². The van der Waals surface area contributed by atoms with Gasteiger partial charge in [0.2, 0.25) is 0 Å². The summed E-state index contributed by atoms with van der Waals surface area (Å²) in [6, 6.07) is 6.15. The van der Waals surface area contributed by atoms with Gasteiger partial charge in [-0.05, 0) is 49.9 Å². The molecule has 0 saturated carbocycles. The number of hydrogen-bond donors (Lipinski definition) is 3. The van der Waals surface area contributed by atoms with Crippen molar-refractivity contribution in [1.82, 2.24) is 40.4 Å². The number of amides is 3. The molecule has 0 spiro atoms. The van der Waals surface area contributed by atoms with Gasteiger partial charge < -0.3 is 25.0 Å². The molecule has 1 aromatic carbocycles. The van der Waals surface area contributed by atoms with Gasteiger partial charge in [-0.15, -0.1) is 0 Å². The van der Waals surface area contributed by atoms with Gasteiger partial charge in [0.1, 0.15) is 5.82 Å². The van der Waals surface area contributed by atoms with E-state index in [-0.39, 0.29) is 29.4 Å². The van der Waals surface area contributed by atoms with Crippen LogP contribution in [0.5, 0.6) is 0 Å². The highest BCUT2D eigenvalue weighted by Crippen LogP contribution is 2.34. The van der Waals surface area contributed by atoms with Gasteiger partial charge in [-0.3, -0.25) is 9.89 Å². The molecule has 13 heteroatoms. The Morgan fingerprint density at radius 1 is 1.21 bits per heavy atom. The molecule has 0 aliphatic carbocycles. The zero-order valence-electron chi connectivity index (χ0n) is 25.5. The number of likely N-dealkylation sites (tertiary alicyclic amines) is 1. The Morgan fingerprint density at radius 3 is 2.65 bits per heavy atom. The van der Waals surface area contributed by atoms with Crippen LogP contribution in [0.15, 0.2) is 35.0 Å². The minimum Gasteiger partial charge on any atom is -0.364 e. The molecule has 1 unspecified atom stereocenters. The molecule has 4 heterocycles. The zero-order valence-corrected chi connectivity index (χ0v) is 25.5. The van der Waals surface area contributed by atoms with Crippen molar-refractivity contribution in [1.29, 1.82) is 0 Å². The number of piperidine rings is 1. The number of aromatic nitrogens is 5. The molecular formula is C30H38FN9O3. The van der Waals surface area contributed by atoms with Crippen LogP contribution in [0, 0.1) is 5.82 Å². The number of benzene rings is 1. The Morgan fingerprint density at radius 2 is 1.98 bits per heavy atom. The van der Waals surface area contributed by atoms with E-state index in [1.54, 1.807) is 44.2 Å². The lowest BCUT2D eigenvalue weighted by atomic mass is 9.96. The first-order valence-corrected chi connectivity index (χ1v) is 14.4. The molecule has 4 aromatic rings. The minimum absolute atomic E-state index is 0.0124. The number of urea groups is 1. The van der Waals surface area contributed by atoms with Crippen LogP contribution in [0.3, 0.4) is 0 Å². The highest BCUT2D eigenvalue weighted by molar-refractivity contribution is 6.00. The van der Waals surface area contributed by atoms with Gasteiger partial charge >= 0.3 is 17.8 Å². The standard InChI is InChI=1S/C30H38FN9O3/c1-16-8-10-19(15-40(16)29(42)39(6)7)34-25-23-21(12-13-32-24(23)36-37-25)18-9-11-20(22(31)14-18)17(2)33-26(41)27-35-28(38-43-27)30(3,4)5/h9,11-14,16-17,19H,8,10,15H2,1-7H3,(H,33,41)(H2,32,34,36,37)/t16-,17?,19+/m0/s1. The fourth-order valence-corrected chi connectivity index (χ4v) is 5.24. The van der Waals surface area contributed by atoms with Crippen LogP contribution in [0.25, 0.3) is 22.2 Å². The zero-order chi connectivity index (χ0) is 31.1. The molecule has 43 heavy (non-hydrogen) atoms. The fraction of sp³-hybridized carbons (Fsp3) is 0.467. The van der Waals surface area contributed by atoms with E-state index in [1.165, 1.54) is 6.07 Å². The van der Waals surface area contributed by atoms with Crippen molar-refractivity contribution >= 4 is 28.8 Å². The third-order valence-corrected chi connectivity index (χ3v) is 7.73. The van der Waals surface area contributed by atoms with Crippen molar-refractivity contribution in [3.05, 3.63) is 53.6 Å². The number of carbonyl (C=O) groups is 2. The summed E-state index contributed by atoms with van der Waals surface area (Å²) in [7, 11) is 3.50. The number of H-pyrrole nitrogens is 1. The summed E-state index contributed by atoms with van der Waals surface area (Å²) in [6.45, 7) is 10.0. The third kappa shape index (κ3) is 6.15. The van der Waals surface area contributed by atoms with Crippen molar-refractivity contribution in [3.63, 3.8) is 0 Å². The van der Waals surface area contributed by atoms with Crippen LogP contribution >= 0.6 is 0 Å². The second-order valence-electron chi connectivity index (χ2n) is 12.4. The van der Waals surface area contributed by atoms with Crippen LogP contribution in [0.4, 0.5) is 15.0 Å². The second-order valence-corrected chi connectivity index (χ2v) is 12.4. The first-order valence-electron chi connectivity index (χ1n) is 14.4. The molecule has 3 amide bonds. The number of pyridine rings is 1. The Kier molecular flexibility index (Phi) is 8.08. The average molecular weight is 592 g/mol. The summed E-state index contributed by atoms with van der Waals surface area (Å²) in [5.41, 5.74) is 1.87. The quantitative estimate of drug-likeness (QED) is 0.288. The number of rotatable bonds is 6. The summed E-state index contributed by atoms with van der Waals surface area (Å²) < 4.78 is 20.6. The first-order chi connectivity index (χ1) is 20.3. The predicted molar refractivity (Wildman–Crippen MR) is 160 cm³/mol. The van der Waals surface area contributed by atoms with E-state index < -0.39 is 17.8 Å². The van der Waals surface area contributed by atoms with E-state index >= 15 is 4.39 Å². The maximum atomic E-state index is 15.5. The van der Waals surface area contributed by atoms with Crippen LogP contribution in [-0.4, -0.2) is 79.8 Å². The van der Waals surface area contributed by atoms with E-state index in [9.17, 15) is 9.59 Å². The van der Waals surface area contributed by atoms with Gasteiger partial charge in [-0.1, -0.05) is 38.1 Å². The lowest BCUT2D eigenvalue weighted by Crippen LogP contribution is -2.52. The maximum Gasteiger partial charge on any atom is 0.319 e. The van der Waals surface area contributed by atoms with E-state index in [2.05, 4.69) is 42.9 Å². The summed E-state index contributed by atoms with van der Waals surface area (Å²) in [4.78, 5) is 37.5. The van der Waals surface area contributed by atoms with E-state index in [4.69, 9.17) is 4.52 Å². The van der Waals surface area contributed by atoms with E-state index in [0.29, 0.717) is 35.0 Å². The van der Waals surface area contributed by atoms with Gasteiger partial charge in [0.15, 0.2) is 17.3 Å². The summed E-state index contributed by atoms with van der Waals surface area (Å²) in [5.74, 6) is -0.223. The lowest BCUT2D eigenvalue weighted by molar-refractivity contribution is 0.0895. The number of halogens is 1. The van der Waals surface area contributed by atoms with E-state index in [0.717, 1.165) is 23.8 Å². The molecule has 1 fully saturated rings. The lowest BCUT2D eigenvalue weighted by Gasteiger charge is -2.39. The van der Waals surface area contributed by atoms with Crippen LogP contribution in [0.2, 0.25) is 0 Å².